The number of fused-ring (bicyclic) bond motifs is 2. The number of hydrogen-bond acceptors (Lipinski definition) is 6. The highest BCUT2D eigenvalue weighted by atomic mass is 32.1. The summed E-state index contributed by atoms with van der Waals surface area (Å²) in [5.74, 6) is 0.128. The second-order valence-electron chi connectivity index (χ2n) is 7.03. The molecular weight excluding hydrogens is 364 g/mol. The lowest BCUT2D eigenvalue weighted by Crippen LogP contribution is -2.36. The van der Waals surface area contributed by atoms with Gasteiger partial charge in [0.15, 0.2) is 16.1 Å². The predicted molar refractivity (Wildman–Crippen MR) is 106 cm³/mol. The average Bonchev–Trinajstić information content (AvgIpc) is 2.61. The van der Waals surface area contributed by atoms with Gasteiger partial charge in [0.1, 0.15) is 5.58 Å². The SMILES string of the molecule is Cc1cc2oc(N)c(CN3CCc4[nH]c(=S)[nH]c(=O)c4C3)c(=O)c2cc1C. The molecule has 0 fully saturated rings. The lowest BCUT2D eigenvalue weighted by molar-refractivity contribution is 0.240. The molecule has 0 saturated carbocycles. The maximum absolute atomic E-state index is 13.0. The molecule has 3 heterocycles. The summed E-state index contributed by atoms with van der Waals surface area (Å²) in [6.07, 6.45) is 0.653. The van der Waals surface area contributed by atoms with Crippen LogP contribution in [0.5, 0.6) is 0 Å². The van der Waals surface area contributed by atoms with Crippen LogP contribution in [0.25, 0.3) is 11.0 Å². The van der Waals surface area contributed by atoms with Crippen LogP contribution < -0.4 is 16.7 Å². The van der Waals surface area contributed by atoms with Crippen molar-refractivity contribution in [3.05, 3.63) is 65.4 Å². The zero-order valence-corrected chi connectivity index (χ0v) is 16.0. The summed E-state index contributed by atoms with van der Waals surface area (Å²) >= 11 is 5.02. The van der Waals surface area contributed by atoms with E-state index in [1.165, 1.54) is 0 Å². The molecule has 0 bridgehead atoms. The van der Waals surface area contributed by atoms with Crippen LogP contribution in [0.15, 0.2) is 26.1 Å². The van der Waals surface area contributed by atoms with Crippen molar-refractivity contribution >= 4 is 29.1 Å². The van der Waals surface area contributed by atoms with Gasteiger partial charge in [-0.15, -0.1) is 0 Å². The van der Waals surface area contributed by atoms with E-state index >= 15 is 0 Å². The second-order valence-corrected chi connectivity index (χ2v) is 7.44. The van der Waals surface area contributed by atoms with Crippen molar-refractivity contribution in [3.63, 3.8) is 0 Å². The number of benzene rings is 1. The van der Waals surface area contributed by atoms with E-state index < -0.39 is 0 Å². The Hall–Kier alpha value is -2.71. The molecule has 0 amide bonds. The van der Waals surface area contributed by atoms with Gasteiger partial charge in [-0.2, -0.15) is 0 Å². The zero-order valence-electron chi connectivity index (χ0n) is 15.1. The molecule has 7 nitrogen and oxygen atoms in total. The molecular formula is C19H20N4O3S. The van der Waals surface area contributed by atoms with Crippen molar-refractivity contribution in [1.29, 1.82) is 0 Å². The van der Waals surface area contributed by atoms with Crippen LogP contribution in [0.1, 0.15) is 27.9 Å². The Labute approximate surface area is 159 Å². The molecule has 4 N–H and O–H groups in total. The first-order valence-corrected chi connectivity index (χ1v) is 9.13. The highest BCUT2D eigenvalue weighted by molar-refractivity contribution is 7.71. The molecule has 0 spiro atoms. The molecule has 1 aliphatic heterocycles. The molecule has 8 heteroatoms. The number of aromatic amines is 2. The van der Waals surface area contributed by atoms with Crippen LogP contribution in [-0.4, -0.2) is 21.4 Å². The van der Waals surface area contributed by atoms with Gasteiger partial charge < -0.3 is 15.1 Å². The van der Waals surface area contributed by atoms with E-state index in [2.05, 4.69) is 9.97 Å². The number of nitrogens with two attached hydrogens (primary N) is 1. The highest BCUT2D eigenvalue weighted by Gasteiger charge is 2.22. The van der Waals surface area contributed by atoms with E-state index in [1.54, 1.807) is 0 Å². The molecule has 0 atom stereocenters. The fraction of sp³-hybridized carbons (Fsp3) is 0.316. The summed E-state index contributed by atoms with van der Waals surface area (Å²) in [6, 6.07) is 3.68. The van der Waals surface area contributed by atoms with Gasteiger partial charge in [-0.25, -0.2) is 0 Å². The van der Waals surface area contributed by atoms with Crippen molar-refractivity contribution in [2.24, 2.45) is 0 Å². The lowest BCUT2D eigenvalue weighted by Gasteiger charge is -2.27. The lowest BCUT2D eigenvalue weighted by atomic mass is 10.0. The quantitative estimate of drug-likeness (QED) is 0.585. The minimum absolute atomic E-state index is 0.121. The topological polar surface area (TPSA) is 108 Å². The number of nitrogens with one attached hydrogen (secondary N) is 2. The third-order valence-corrected chi connectivity index (χ3v) is 5.41. The molecule has 27 heavy (non-hydrogen) atoms. The Bertz CT molecular complexity index is 1240. The van der Waals surface area contributed by atoms with Gasteiger partial charge in [-0.05, 0) is 49.3 Å². The van der Waals surface area contributed by atoms with Crippen LogP contribution >= 0.6 is 12.2 Å². The van der Waals surface area contributed by atoms with Gasteiger partial charge in [0, 0.05) is 31.7 Å². The molecule has 0 aliphatic carbocycles. The number of aromatic nitrogens is 2. The monoisotopic (exact) mass is 384 g/mol. The molecule has 2 aromatic heterocycles. The molecule has 140 valence electrons. The standard InChI is InChI=1S/C19H20N4O3S/c1-9-5-11-15(6-10(9)2)26-17(20)13(16(11)24)8-23-4-3-14-12(7-23)18(25)22-19(27)21-14/h5-6H,3-4,7-8,20H2,1-2H3,(H2,21,22,25,27). The molecule has 0 saturated heterocycles. The van der Waals surface area contributed by atoms with E-state index in [4.69, 9.17) is 22.4 Å². The van der Waals surface area contributed by atoms with Gasteiger partial charge in [-0.3, -0.25) is 19.5 Å². The molecule has 1 aromatic carbocycles. The second kappa shape index (κ2) is 6.47. The summed E-state index contributed by atoms with van der Waals surface area (Å²) in [7, 11) is 0. The summed E-state index contributed by atoms with van der Waals surface area (Å²) < 4.78 is 6.05. The van der Waals surface area contributed by atoms with E-state index in [9.17, 15) is 9.59 Å². The van der Waals surface area contributed by atoms with Crippen LogP contribution in [0.3, 0.4) is 0 Å². The first kappa shape index (κ1) is 17.7. The van der Waals surface area contributed by atoms with E-state index in [-0.39, 0.29) is 16.9 Å². The van der Waals surface area contributed by atoms with Crippen molar-refractivity contribution in [3.8, 4) is 0 Å². The highest BCUT2D eigenvalue weighted by Crippen LogP contribution is 2.23. The number of nitrogens with zero attached hydrogens (tertiary/aromatic N) is 1. The zero-order chi connectivity index (χ0) is 19.3. The van der Waals surface area contributed by atoms with Crippen molar-refractivity contribution in [2.45, 2.75) is 33.4 Å². The molecule has 4 rings (SSSR count). The fourth-order valence-corrected chi connectivity index (χ4v) is 3.74. The maximum Gasteiger partial charge on any atom is 0.256 e. The Morgan fingerprint density at radius 1 is 1.22 bits per heavy atom. The van der Waals surface area contributed by atoms with E-state index in [0.717, 1.165) is 16.8 Å². The minimum atomic E-state index is -0.192. The van der Waals surface area contributed by atoms with Gasteiger partial charge in [0.2, 0.25) is 0 Å². The Morgan fingerprint density at radius 2 is 1.96 bits per heavy atom. The van der Waals surface area contributed by atoms with Crippen LogP contribution in [0.2, 0.25) is 0 Å². The van der Waals surface area contributed by atoms with Gasteiger partial charge >= 0.3 is 0 Å². The van der Waals surface area contributed by atoms with Gasteiger partial charge in [0.05, 0.1) is 16.5 Å². The summed E-state index contributed by atoms with van der Waals surface area (Å²) in [6.45, 7) is 5.35. The summed E-state index contributed by atoms with van der Waals surface area (Å²) in [5.41, 5.74) is 10.2. The molecule has 1 aliphatic rings. The van der Waals surface area contributed by atoms with E-state index in [0.29, 0.717) is 52.9 Å². The third-order valence-electron chi connectivity index (χ3n) is 5.20. The average molecular weight is 384 g/mol. The number of aryl methyl sites for hydroxylation is 2. The molecule has 0 radical (unpaired) electrons. The van der Waals surface area contributed by atoms with Crippen molar-refractivity contribution in [1.82, 2.24) is 14.9 Å². The third kappa shape index (κ3) is 3.11. The van der Waals surface area contributed by atoms with Gasteiger partial charge in [-0.1, -0.05) is 0 Å². The van der Waals surface area contributed by atoms with Crippen LogP contribution in [0.4, 0.5) is 5.88 Å². The first-order valence-electron chi connectivity index (χ1n) is 8.72. The summed E-state index contributed by atoms with van der Waals surface area (Å²) in [5, 5.41) is 0.529. The normalized spacial score (nSPS) is 14.4. The number of anilines is 1. The molecule has 0 unspecified atom stereocenters. The van der Waals surface area contributed by atoms with Gasteiger partial charge in [0.25, 0.3) is 5.56 Å². The first-order chi connectivity index (χ1) is 12.8. The van der Waals surface area contributed by atoms with Crippen molar-refractivity contribution in [2.75, 3.05) is 12.3 Å². The summed E-state index contributed by atoms with van der Waals surface area (Å²) in [4.78, 5) is 32.8. The Kier molecular flexibility index (Phi) is 4.24. The largest absolute Gasteiger partial charge is 0.440 e. The van der Waals surface area contributed by atoms with Crippen LogP contribution in [-0.2, 0) is 19.5 Å². The Balaban J connectivity index is 1.72. The Morgan fingerprint density at radius 3 is 2.74 bits per heavy atom. The van der Waals surface area contributed by atoms with E-state index in [1.807, 2.05) is 30.9 Å². The number of nitrogen functional groups attached to an aromatic ring is 1. The number of hydrogen-bond donors (Lipinski definition) is 3. The smallest absolute Gasteiger partial charge is 0.256 e. The number of H-pyrrole nitrogens is 2. The minimum Gasteiger partial charge on any atom is -0.440 e. The predicted octanol–water partition coefficient (Wildman–Crippen LogP) is 2.30. The fourth-order valence-electron chi connectivity index (χ4n) is 3.53. The maximum atomic E-state index is 13.0. The van der Waals surface area contributed by atoms with Crippen LogP contribution in [0, 0.1) is 18.6 Å². The number of rotatable bonds is 2. The molecule has 3 aromatic rings. The van der Waals surface area contributed by atoms with Crippen molar-refractivity contribution < 1.29 is 4.42 Å².